The standard InChI is InChI=1S/C17H12FN3O4/c1-9-6-11(21(24)25)3-5-14(9)20-17(23)13-8-19-15-4-2-10(18)7-12(15)16(13)22/h2-8H,1H3,(H,19,22)(H,20,23). The number of nitrogens with one attached hydrogen (secondary N) is 2. The minimum absolute atomic E-state index is 0.0630. The summed E-state index contributed by atoms with van der Waals surface area (Å²) < 4.78 is 13.3. The lowest BCUT2D eigenvalue weighted by molar-refractivity contribution is -0.384. The molecule has 0 aliphatic carbocycles. The van der Waals surface area contributed by atoms with Crippen LogP contribution in [0.2, 0.25) is 0 Å². The number of H-pyrrole nitrogens is 1. The van der Waals surface area contributed by atoms with E-state index in [-0.39, 0.29) is 16.6 Å². The van der Waals surface area contributed by atoms with Crippen molar-refractivity contribution >= 4 is 28.2 Å². The van der Waals surface area contributed by atoms with Gasteiger partial charge in [-0.1, -0.05) is 0 Å². The highest BCUT2D eigenvalue weighted by molar-refractivity contribution is 6.06. The van der Waals surface area contributed by atoms with Crippen LogP contribution in [0.1, 0.15) is 15.9 Å². The second-order valence-electron chi connectivity index (χ2n) is 5.43. The molecular formula is C17H12FN3O4. The number of hydrogen-bond acceptors (Lipinski definition) is 4. The Bertz CT molecular complexity index is 1080. The third-order valence-electron chi connectivity index (χ3n) is 3.76. The normalized spacial score (nSPS) is 10.6. The molecule has 2 N–H and O–H groups in total. The van der Waals surface area contributed by atoms with Crippen LogP contribution in [-0.4, -0.2) is 15.8 Å². The van der Waals surface area contributed by atoms with Crippen LogP contribution in [0, 0.1) is 22.9 Å². The number of amides is 1. The van der Waals surface area contributed by atoms with Crippen molar-refractivity contribution in [2.45, 2.75) is 6.92 Å². The highest BCUT2D eigenvalue weighted by Gasteiger charge is 2.16. The number of hydrogen-bond donors (Lipinski definition) is 2. The minimum atomic E-state index is -0.690. The molecule has 126 valence electrons. The van der Waals surface area contributed by atoms with Gasteiger partial charge >= 0.3 is 0 Å². The van der Waals surface area contributed by atoms with Crippen LogP contribution < -0.4 is 10.7 Å². The van der Waals surface area contributed by atoms with Crippen molar-refractivity contribution < 1.29 is 14.1 Å². The summed E-state index contributed by atoms with van der Waals surface area (Å²) in [5.74, 6) is -1.27. The average Bonchev–Trinajstić information content (AvgIpc) is 2.57. The number of aryl methyl sites for hydroxylation is 1. The second kappa shape index (κ2) is 6.16. The molecule has 0 aliphatic heterocycles. The summed E-state index contributed by atoms with van der Waals surface area (Å²) in [5, 5.41) is 13.3. The van der Waals surface area contributed by atoms with Crippen molar-refractivity contribution in [1.82, 2.24) is 4.98 Å². The summed E-state index contributed by atoms with van der Waals surface area (Å²) in [6.45, 7) is 1.60. The van der Waals surface area contributed by atoms with Gasteiger partial charge in [-0.05, 0) is 36.8 Å². The van der Waals surface area contributed by atoms with Crippen molar-refractivity contribution in [3.05, 3.63) is 79.9 Å². The quantitative estimate of drug-likeness (QED) is 0.564. The second-order valence-corrected chi connectivity index (χ2v) is 5.43. The summed E-state index contributed by atoms with van der Waals surface area (Å²) in [6.07, 6.45) is 1.25. The maximum absolute atomic E-state index is 13.3. The van der Waals surface area contributed by atoms with E-state index in [9.17, 15) is 24.1 Å². The summed E-state index contributed by atoms with van der Waals surface area (Å²) in [7, 11) is 0. The van der Waals surface area contributed by atoms with E-state index in [2.05, 4.69) is 10.3 Å². The zero-order valence-corrected chi connectivity index (χ0v) is 13.0. The van der Waals surface area contributed by atoms with Crippen LogP contribution in [0.3, 0.4) is 0 Å². The predicted molar refractivity (Wildman–Crippen MR) is 90.3 cm³/mol. The monoisotopic (exact) mass is 341 g/mol. The number of benzene rings is 2. The van der Waals surface area contributed by atoms with Gasteiger partial charge in [0, 0.05) is 34.9 Å². The summed E-state index contributed by atoms with van der Waals surface area (Å²) >= 11 is 0. The molecular weight excluding hydrogens is 329 g/mol. The first-order chi connectivity index (χ1) is 11.9. The average molecular weight is 341 g/mol. The Balaban J connectivity index is 1.97. The van der Waals surface area contributed by atoms with Gasteiger partial charge in [-0.25, -0.2) is 4.39 Å². The molecule has 7 nitrogen and oxygen atoms in total. The zero-order valence-electron chi connectivity index (χ0n) is 13.0. The largest absolute Gasteiger partial charge is 0.360 e. The van der Waals surface area contributed by atoms with Gasteiger partial charge in [0.1, 0.15) is 11.4 Å². The molecule has 8 heteroatoms. The van der Waals surface area contributed by atoms with Crippen molar-refractivity contribution in [1.29, 1.82) is 0 Å². The fraction of sp³-hybridized carbons (Fsp3) is 0.0588. The number of anilines is 1. The molecule has 1 heterocycles. The number of nitro groups is 1. The van der Waals surface area contributed by atoms with Gasteiger partial charge in [0.15, 0.2) is 0 Å². The van der Waals surface area contributed by atoms with Crippen LogP contribution >= 0.6 is 0 Å². The maximum Gasteiger partial charge on any atom is 0.269 e. The number of pyridine rings is 1. The van der Waals surface area contributed by atoms with E-state index in [0.717, 1.165) is 6.07 Å². The zero-order chi connectivity index (χ0) is 18.1. The Morgan fingerprint density at radius 1 is 1.24 bits per heavy atom. The van der Waals surface area contributed by atoms with Gasteiger partial charge in [0.25, 0.3) is 11.6 Å². The molecule has 0 saturated heterocycles. The van der Waals surface area contributed by atoms with E-state index in [4.69, 9.17) is 0 Å². The van der Waals surface area contributed by atoms with Crippen LogP contribution in [0.15, 0.2) is 47.4 Å². The fourth-order valence-corrected chi connectivity index (χ4v) is 2.45. The number of halogens is 1. The highest BCUT2D eigenvalue weighted by atomic mass is 19.1. The SMILES string of the molecule is Cc1cc([N+](=O)[O-])ccc1NC(=O)c1c[nH]c2ccc(F)cc2c1=O. The van der Waals surface area contributed by atoms with E-state index in [1.54, 1.807) is 6.92 Å². The summed E-state index contributed by atoms with van der Waals surface area (Å²) in [6, 6.07) is 7.63. The molecule has 0 atom stereocenters. The molecule has 0 radical (unpaired) electrons. The first-order valence-electron chi connectivity index (χ1n) is 7.24. The Morgan fingerprint density at radius 2 is 2.00 bits per heavy atom. The van der Waals surface area contributed by atoms with Crippen molar-refractivity contribution in [3.8, 4) is 0 Å². The van der Waals surface area contributed by atoms with Gasteiger partial charge in [-0.2, -0.15) is 0 Å². The fourth-order valence-electron chi connectivity index (χ4n) is 2.45. The number of carbonyl (C=O) groups excluding carboxylic acids is 1. The lowest BCUT2D eigenvalue weighted by Gasteiger charge is -2.08. The predicted octanol–water partition coefficient (Wildman–Crippen LogP) is 3.14. The number of carbonyl (C=O) groups is 1. The lowest BCUT2D eigenvalue weighted by atomic mass is 10.1. The van der Waals surface area contributed by atoms with Crippen LogP contribution in [0.4, 0.5) is 15.8 Å². The van der Waals surface area contributed by atoms with Crippen LogP contribution in [0.25, 0.3) is 10.9 Å². The van der Waals surface area contributed by atoms with E-state index in [1.807, 2.05) is 0 Å². The number of nitro benzene ring substituents is 1. The smallest absolute Gasteiger partial charge is 0.269 e. The van der Waals surface area contributed by atoms with E-state index in [1.165, 1.54) is 36.5 Å². The van der Waals surface area contributed by atoms with Gasteiger partial charge in [-0.15, -0.1) is 0 Å². The van der Waals surface area contributed by atoms with E-state index < -0.39 is 22.1 Å². The molecule has 25 heavy (non-hydrogen) atoms. The van der Waals surface area contributed by atoms with Crippen molar-refractivity contribution in [2.75, 3.05) is 5.32 Å². The molecule has 0 aliphatic rings. The Hall–Kier alpha value is -3.55. The van der Waals surface area contributed by atoms with Crippen molar-refractivity contribution in [3.63, 3.8) is 0 Å². The molecule has 3 rings (SSSR count). The third kappa shape index (κ3) is 3.09. The van der Waals surface area contributed by atoms with Gasteiger partial charge in [0.05, 0.1) is 4.92 Å². The van der Waals surface area contributed by atoms with Crippen LogP contribution in [0.5, 0.6) is 0 Å². The molecule has 1 aromatic heterocycles. The molecule has 0 spiro atoms. The number of fused-ring (bicyclic) bond motifs is 1. The van der Waals surface area contributed by atoms with E-state index in [0.29, 0.717) is 16.8 Å². The number of aromatic nitrogens is 1. The summed E-state index contributed by atoms with van der Waals surface area (Å²) in [5.41, 5.74) is 0.338. The van der Waals surface area contributed by atoms with Crippen LogP contribution in [-0.2, 0) is 0 Å². The summed E-state index contributed by atoms with van der Waals surface area (Å²) in [4.78, 5) is 37.8. The number of non-ortho nitro benzene ring substituents is 1. The number of nitrogens with zero attached hydrogens (tertiary/aromatic N) is 1. The first kappa shape index (κ1) is 16.3. The van der Waals surface area contributed by atoms with Crippen molar-refractivity contribution in [2.24, 2.45) is 0 Å². The molecule has 0 unspecified atom stereocenters. The lowest BCUT2D eigenvalue weighted by Crippen LogP contribution is -2.22. The molecule has 2 aromatic carbocycles. The Kier molecular flexibility index (Phi) is 4.02. The first-order valence-corrected chi connectivity index (χ1v) is 7.24. The number of rotatable bonds is 3. The topological polar surface area (TPSA) is 105 Å². The van der Waals surface area contributed by atoms with Gasteiger partial charge in [0.2, 0.25) is 5.43 Å². The Labute approximate surface area is 140 Å². The highest BCUT2D eigenvalue weighted by Crippen LogP contribution is 2.21. The molecule has 0 fully saturated rings. The van der Waals surface area contributed by atoms with Gasteiger partial charge < -0.3 is 10.3 Å². The molecule has 1 amide bonds. The number of aromatic amines is 1. The minimum Gasteiger partial charge on any atom is -0.360 e. The molecule has 0 saturated carbocycles. The van der Waals surface area contributed by atoms with E-state index >= 15 is 0 Å². The van der Waals surface area contributed by atoms with Gasteiger partial charge in [-0.3, -0.25) is 19.7 Å². The Morgan fingerprint density at radius 3 is 2.68 bits per heavy atom. The maximum atomic E-state index is 13.3. The molecule has 0 bridgehead atoms. The molecule has 3 aromatic rings. The third-order valence-corrected chi connectivity index (χ3v) is 3.76.